The molecule has 0 aromatic heterocycles. The van der Waals surface area contributed by atoms with Crippen LogP contribution < -0.4 is 5.32 Å². The first-order valence-electron chi connectivity index (χ1n) is 9.64. The van der Waals surface area contributed by atoms with Crippen molar-refractivity contribution in [2.45, 2.75) is 58.2 Å². The molecule has 2 aromatic rings. The first kappa shape index (κ1) is 19.1. The molecule has 0 bridgehead atoms. The maximum absolute atomic E-state index is 12.8. The van der Waals surface area contributed by atoms with Gasteiger partial charge in [0.1, 0.15) is 6.07 Å². The lowest BCUT2D eigenvalue weighted by molar-refractivity contribution is -0.121. The normalized spacial score (nSPS) is 14.8. The van der Waals surface area contributed by atoms with Gasteiger partial charge in [0.05, 0.1) is 17.3 Å². The minimum atomic E-state index is -0.256. The second kappa shape index (κ2) is 8.37. The Balaban J connectivity index is 1.70. The highest BCUT2D eigenvalue weighted by Crippen LogP contribution is 2.31. The van der Waals surface area contributed by atoms with Crippen LogP contribution in [0.15, 0.2) is 48.5 Å². The van der Waals surface area contributed by atoms with Crippen LogP contribution in [0.1, 0.15) is 56.2 Å². The maximum Gasteiger partial charge on any atom is 0.241 e. The van der Waals surface area contributed by atoms with Crippen molar-refractivity contribution in [2.75, 3.05) is 5.32 Å². The lowest BCUT2D eigenvalue weighted by Gasteiger charge is -2.28. The molecule has 1 N–H and O–H groups in total. The topological polar surface area (TPSA) is 56.1 Å². The Morgan fingerprint density at radius 1 is 1.15 bits per heavy atom. The van der Waals surface area contributed by atoms with E-state index in [2.05, 4.69) is 54.4 Å². The van der Waals surface area contributed by atoms with Gasteiger partial charge in [0.25, 0.3) is 0 Å². The van der Waals surface area contributed by atoms with Gasteiger partial charge in [-0.05, 0) is 48.9 Å². The minimum absolute atomic E-state index is 0.0663. The zero-order valence-corrected chi connectivity index (χ0v) is 16.3. The molecule has 1 amide bonds. The van der Waals surface area contributed by atoms with Crippen molar-refractivity contribution in [1.29, 1.82) is 5.26 Å². The highest BCUT2D eigenvalue weighted by atomic mass is 16.2. The lowest BCUT2D eigenvalue weighted by Crippen LogP contribution is -2.43. The van der Waals surface area contributed by atoms with E-state index in [4.69, 9.17) is 0 Å². The number of nitrogens with zero attached hydrogens (tertiary/aromatic N) is 2. The molecule has 0 unspecified atom stereocenters. The first-order valence-corrected chi connectivity index (χ1v) is 9.64. The summed E-state index contributed by atoms with van der Waals surface area (Å²) in [5, 5.41) is 12.2. The van der Waals surface area contributed by atoms with E-state index in [1.54, 1.807) is 18.2 Å². The van der Waals surface area contributed by atoms with E-state index in [0.717, 1.165) is 19.4 Å². The van der Waals surface area contributed by atoms with Gasteiger partial charge in [0, 0.05) is 12.6 Å². The molecule has 1 aliphatic rings. The molecule has 27 heavy (non-hydrogen) atoms. The molecule has 1 fully saturated rings. The third-order valence-corrected chi connectivity index (χ3v) is 5.21. The summed E-state index contributed by atoms with van der Waals surface area (Å²) in [6, 6.07) is 18.1. The average Bonchev–Trinajstić information content (AvgIpc) is 3.51. The Bertz CT molecular complexity index is 831. The molecule has 0 aliphatic heterocycles. The molecular formula is C23H27N3O. The second-order valence-electron chi connectivity index (χ2n) is 7.62. The van der Waals surface area contributed by atoms with Crippen molar-refractivity contribution in [2.24, 2.45) is 0 Å². The third-order valence-electron chi connectivity index (χ3n) is 5.21. The second-order valence-corrected chi connectivity index (χ2v) is 7.62. The predicted octanol–water partition coefficient (Wildman–Crippen LogP) is 4.67. The molecule has 0 saturated heterocycles. The predicted molar refractivity (Wildman–Crippen MR) is 108 cm³/mol. The van der Waals surface area contributed by atoms with Crippen molar-refractivity contribution >= 4 is 11.6 Å². The van der Waals surface area contributed by atoms with E-state index >= 15 is 0 Å². The third kappa shape index (κ3) is 4.75. The summed E-state index contributed by atoms with van der Waals surface area (Å²) >= 11 is 0. The summed E-state index contributed by atoms with van der Waals surface area (Å²) in [4.78, 5) is 15.1. The molecular weight excluding hydrogens is 334 g/mol. The molecule has 3 rings (SSSR count). The van der Waals surface area contributed by atoms with E-state index in [1.165, 1.54) is 11.1 Å². The van der Waals surface area contributed by atoms with Crippen molar-refractivity contribution in [1.82, 2.24) is 4.90 Å². The summed E-state index contributed by atoms with van der Waals surface area (Å²) in [6.45, 7) is 7.09. The van der Waals surface area contributed by atoms with Crippen LogP contribution in [0.3, 0.4) is 0 Å². The Labute approximate surface area is 161 Å². The molecule has 2 aromatic carbocycles. The van der Waals surface area contributed by atoms with E-state index in [9.17, 15) is 10.1 Å². The molecule has 0 radical (unpaired) electrons. The van der Waals surface area contributed by atoms with Gasteiger partial charge in [-0.2, -0.15) is 5.26 Å². The summed E-state index contributed by atoms with van der Waals surface area (Å²) in [7, 11) is 0. The van der Waals surface area contributed by atoms with Crippen LogP contribution in [0.5, 0.6) is 0 Å². The van der Waals surface area contributed by atoms with E-state index in [-0.39, 0.29) is 11.9 Å². The van der Waals surface area contributed by atoms with Gasteiger partial charge < -0.3 is 5.32 Å². The van der Waals surface area contributed by atoms with Gasteiger partial charge in [0.2, 0.25) is 5.91 Å². The standard InChI is InChI=1S/C23H27N3O/c1-16(2)19-10-8-18(9-11-19)15-26(21-12-13-21)17(3)23(27)25-22-7-5-4-6-20(22)14-24/h4-11,16-17,21H,12-13,15H2,1-3H3,(H,25,27)/t17-/m1/s1. The van der Waals surface area contributed by atoms with Gasteiger partial charge in [0.15, 0.2) is 0 Å². The number of nitrogens with one attached hydrogen (secondary N) is 1. The van der Waals surface area contributed by atoms with E-state index in [1.807, 2.05) is 13.0 Å². The van der Waals surface area contributed by atoms with Gasteiger partial charge >= 0.3 is 0 Å². The zero-order valence-electron chi connectivity index (χ0n) is 16.3. The highest BCUT2D eigenvalue weighted by Gasteiger charge is 2.35. The lowest BCUT2D eigenvalue weighted by atomic mass is 10.0. The highest BCUT2D eigenvalue weighted by molar-refractivity contribution is 5.95. The Kier molecular flexibility index (Phi) is 5.93. The summed E-state index contributed by atoms with van der Waals surface area (Å²) < 4.78 is 0. The van der Waals surface area contributed by atoms with E-state index < -0.39 is 0 Å². The van der Waals surface area contributed by atoms with Crippen LogP contribution in [0.4, 0.5) is 5.69 Å². The van der Waals surface area contributed by atoms with Crippen molar-refractivity contribution < 1.29 is 4.79 Å². The number of hydrogen-bond acceptors (Lipinski definition) is 3. The van der Waals surface area contributed by atoms with Crippen LogP contribution in [0.2, 0.25) is 0 Å². The zero-order chi connectivity index (χ0) is 19.4. The van der Waals surface area contributed by atoms with E-state index in [0.29, 0.717) is 23.2 Å². The fourth-order valence-electron chi connectivity index (χ4n) is 3.28. The fraction of sp³-hybridized carbons (Fsp3) is 0.391. The van der Waals surface area contributed by atoms with Crippen molar-refractivity contribution in [3.8, 4) is 6.07 Å². The molecule has 4 nitrogen and oxygen atoms in total. The summed E-state index contributed by atoms with van der Waals surface area (Å²) in [5.41, 5.74) is 3.62. The number of rotatable bonds is 7. The quantitative estimate of drug-likeness (QED) is 0.779. The SMILES string of the molecule is CC(C)c1ccc(CN(C2CC2)[C@H](C)C(=O)Nc2ccccc2C#N)cc1. The minimum Gasteiger partial charge on any atom is -0.324 e. The molecule has 4 heteroatoms. The first-order chi connectivity index (χ1) is 13.0. The number of benzene rings is 2. The molecule has 0 spiro atoms. The van der Waals surface area contributed by atoms with Crippen LogP contribution >= 0.6 is 0 Å². The fourth-order valence-corrected chi connectivity index (χ4v) is 3.28. The number of amides is 1. The number of anilines is 1. The average molecular weight is 361 g/mol. The summed E-state index contributed by atoms with van der Waals surface area (Å²) in [6.07, 6.45) is 2.27. The molecule has 1 aliphatic carbocycles. The number of nitriles is 1. The number of hydrogen-bond donors (Lipinski definition) is 1. The molecule has 1 atom stereocenters. The van der Waals surface area contributed by atoms with Crippen molar-refractivity contribution in [3.63, 3.8) is 0 Å². The maximum atomic E-state index is 12.8. The van der Waals surface area contributed by atoms with Crippen LogP contribution in [-0.2, 0) is 11.3 Å². The van der Waals surface area contributed by atoms with Crippen molar-refractivity contribution in [3.05, 3.63) is 65.2 Å². The molecule has 0 heterocycles. The molecule has 140 valence electrons. The smallest absolute Gasteiger partial charge is 0.241 e. The number of carbonyl (C=O) groups is 1. The molecule has 1 saturated carbocycles. The Morgan fingerprint density at radius 2 is 1.81 bits per heavy atom. The largest absolute Gasteiger partial charge is 0.324 e. The number of para-hydroxylation sites is 1. The monoisotopic (exact) mass is 361 g/mol. The van der Waals surface area contributed by atoms with Gasteiger partial charge in [-0.3, -0.25) is 9.69 Å². The van der Waals surface area contributed by atoms with Gasteiger partial charge in [-0.25, -0.2) is 0 Å². The van der Waals surface area contributed by atoms with Crippen LogP contribution in [0.25, 0.3) is 0 Å². The van der Waals surface area contributed by atoms with Gasteiger partial charge in [-0.1, -0.05) is 50.2 Å². The Hall–Kier alpha value is -2.64. The summed E-state index contributed by atoms with van der Waals surface area (Å²) in [5.74, 6) is 0.451. The van der Waals surface area contributed by atoms with Crippen LogP contribution in [-0.4, -0.2) is 22.9 Å². The van der Waals surface area contributed by atoms with Crippen LogP contribution in [0, 0.1) is 11.3 Å². The Morgan fingerprint density at radius 3 is 2.41 bits per heavy atom. The van der Waals surface area contributed by atoms with Gasteiger partial charge in [-0.15, -0.1) is 0 Å². The number of carbonyl (C=O) groups excluding carboxylic acids is 1.